The fourth-order valence-electron chi connectivity index (χ4n) is 2.19. The standard InChI is InChI=1S/C20H17ClN6O2/c1-3-18(28)24-14-7-6-8-15(11-14)29-19-16(21)12-23-20(25-19)27-26-13(2)17-9-4-5-10-22-17/h3-12H,1H2,2H3,(H,24,28)(H,23,25,27)/b26-13+. The molecule has 2 aromatic heterocycles. The van der Waals surface area contributed by atoms with Crippen molar-refractivity contribution in [3.63, 3.8) is 0 Å². The van der Waals surface area contributed by atoms with Crippen molar-refractivity contribution in [1.29, 1.82) is 0 Å². The third-order valence-corrected chi connectivity index (χ3v) is 3.83. The van der Waals surface area contributed by atoms with Crippen LogP contribution >= 0.6 is 11.6 Å². The molecule has 0 aliphatic heterocycles. The second-order valence-corrected chi connectivity index (χ2v) is 6.10. The lowest BCUT2D eigenvalue weighted by Gasteiger charge is -2.09. The molecule has 146 valence electrons. The highest BCUT2D eigenvalue weighted by molar-refractivity contribution is 6.31. The second-order valence-electron chi connectivity index (χ2n) is 5.69. The lowest BCUT2D eigenvalue weighted by Crippen LogP contribution is -2.07. The normalized spacial score (nSPS) is 10.9. The van der Waals surface area contributed by atoms with Crippen molar-refractivity contribution < 1.29 is 9.53 Å². The number of carbonyl (C=O) groups excluding carboxylic acids is 1. The summed E-state index contributed by atoms with van der Waals surface area (Å²) >= 11 is 6.14. The van der Waals surface area contributed by atoms with Crippen LogP contribution in [0.1, 0.15) is 12.6 Å². The molecule has 0 atom stereocenters. The second kappa shape index (κ2) is 9.43. The zero-order valence-corrected chi connectivity index (χ0v) is 16.2. The van der Waals surface area contributed by atoms with Crippen molar-refractivity contribution in [2.45, 2.75) is 6.92 Å². The van der Waals surface area contributed by atoms with E-state index in [0.717, 1.165) is 5.69 Å². The summed E-state index contributed by atoms with van der Waals surface area (Å²) in [5, 5.41) is 7.10. The Hall–Kier alpha value is -3.78. The third kappa shape index (κ3) is 5.60. The fraction of sp³-hybridized carbons (Fsp3) is 0.0500. The van der Waals surface area contributed by atoms with Gasteiger partial charge in [-0.05, 0) is 37.3 Å². The molecular weight excluding hydrogens is 392 g/mol. The van der Waals surface area contributed by atoms with Crippen LogP contribution in [0.3, 0.4) is 0 Å². The highest BCUT2D eigenvalue weighted by Gasteiger charge is 2.09. The molecule has 0 saturated carbocycles. The molecule has 0 saturated heterocycles. The summed E-state index contributed by atoms with van der Waals surface area (Å²) < 4.78 is 5.74. The first-order valence-corrected chi connectivity index (χ1v) is 8.88. The van der Waals surface area contributed by atoms with Gasteiger partial charge in [0.1, 0.15) is 10.8 Å². The Kier molecular flexibility index (Phi) is 6.49. The molecule has 0 aliphatic carbocycles. The molecule has 8 nitrogen and oxygen atoms in total. The molecule has 0 aliphatic rings. The molecule has 3 aromatic rings. The van der Waals surface area contributed by atoms with Gasteiger partial charge in [-0.3, -0.25) is 9.78 Å². The van der Waals surface area contributed by atoms with Gasteiger partial charge in [0.05, 0.1) is 17.6 Å². The van der Waals surface area contributed by atoms with Crippen molar-refractivity contribution in [3.05, 3.63) is 78.2 Å². The summed E-state index contributed by atoms with van der Waals surface area (Å²) in [4.78, 5) is 24.0. The Morgan fingerprint density at radius 2 is 2.10 bits per heavy atom. The number of amides is 1. The molecule has 3 rings (SSSR count). The number of benzene rings is 1. The Morgan fingerprint density at radius 1 is 1.24 bits per heavy atom. The molecule has 0 radical (unpaired) electrons. The maximum absolute atomic E-state index is 11.4. The van der Waals surface area contributed by atoms with E-state index in [2.05, 4.69) is 37.4 Å². The van der Waals surface area contributed by atoms with E-state index in [-0.39, 0.29) is 22.8 Å². The van der Waals surface area contributed by atoms with Gasteiger partial charge < -0.3 is 10.1 Å². The van der Waals surface area contributed by atoms with Gasteiger partial charge in [-0.2, -0.15) is 10.1 Å². The van der Waals surface area contributed by atoms with Crippen LogP contribution in [-0.2, 0) is 4.79 Å². The summed E-state index contributed by atoms with van der Waals surface area (Å²) in [6.07, 6.45) is 4.27. The molecule has 2 N–H and O–H groups in total. The number of hydrazone groups is 1. The van der Waals surface area contributed by atoms with Crippen molar-refractivity contribution >= 4 is 34.9 Å². The monoisotopic (exact) mass is 408 g/mol. The molecule has 1 aromatic carbocycles. The van der Waals surface area contributed by atoms with Crippen LogP contribution in [0.4, 0.5) is 11.6 Å². The van der Waals surface area contributed by atoms with Gasteiger partial charge in [0.25, 0.3) is 0 Å². The number of hydrogen-bond donors (Lipinski definition) is 2. The summed E-state index contributed by atoms with van der Waals surface area (Å²) in [7, 11) is 0. The number of anilines is 2. The van der Waals surface area contributed by atoms with Gasteiger partial charge in [0, 0.05) is 18.0 Å². The summed E-state index contributed by atoms with van der Waals surface area (Å²) in [6.45, 7) is 5.23. The van der Waals surface area contributed by atoms with Crippen LogP contribution in [0.2, 0.25) is 5.02 Å². The average molecular weight is 409 g/mol. The molecule has 0 bridgehead atoms. The van der Waals surface area contributed by atoms with E-state index < -0.39 is 0 Å². The first kappa shape index (κ1) is 20.0. The topological polar surface area (TPSA) is 101 Å². The van der Waals surface area contributed by atoms with E-state index in [1.54, 1.807) is 30.5 Å². The first-order chi connectivity index (χ1) is 14.0. The van der Waals surface area contributed by atoms with Gasteiger partial charge >= 0.3 is 0 Å². The highest BCUT2D eigenvalue weighted by atomic mass is 35.5. The average Bonchev–Trinajstić information content (AvgIpc) is 2.75. The smallest absolute Gasteiger partial charge is 0.247 e. The van der Waals surface area contributed by atoms with Crippen LogP contribution < -0.4 is 15.5 Å². The quantitative estimate of drug-likeness (QED) is 0.344. The van der Waals surface area contributed by atoms with Gasteiger partial charge in [-0.25, -0.2) is 10.4 Å². The van der Waals surface area contributed by atoms with Crippen molar-refractivity contribution in [3.8, 4) is 11.6 Å². The van der Waals surface area contributed by atoms with E-state index in [9.17, 15) is 4.79 Å². The zero-order valence-electron chi connectivity index (χ0n) is 15.5. The number of rotatable bonds is 7. The minimum Gasteiger partial charge on any atom is -0.437 e. The molecular formula is C20H17ClN6O2. The Labute approximate surface area is 172 Å². The molecule has 1 amide bonds. The van der Waals surface area contributed by atoms with E-state index in [1.165, 1.54) is 12.3 Å². The van der Waals surface area contributed by atoms with Crippen molar-refractivity contribution in [2.24, 2.45) is 5.10 Å². The minimum atomic E-state index is -0.324. The number of ether oxygens (including phenoxy) is 1. The summed E-state index contributed by atoms with van der Waals surface area (Å²) in [5.41, 5.74) is 4.70. The SMILES string of the molecule is C=CC(=O)Nc1cccc(Oc2nc(N/N=C(\C)c3ccccn3)ncc2Cl)c1. The predicted molar refractivity (Wildman–Crippen MR) is 112 cm³/mol. The summed E-state index contributed by atoms with van der Waals surface area (Å²) in [5.74, 6) is 0.458. The number of hydrogen-bond acceptors (Lipinski definition) is 7. The number of nitrogens with one attached hydrogen (secondary N) is 2. The third-order valence-electron chi connectivity index (χ3n) is 3.57. The highest BCUT2D eigenvalue weighted by Crippen LogP contribution is 2.29. The number of nitrogens with zero attached hydrogens (tertiary/aromatic N) is 4. The lowest BCUT2D eigenvalue weighted by atomic mass is 10.3. The van der Waals surface area contributed by atoms with E-state index >= 15 is 0 Å². The maximum Gasteiger partial charge on any atom is 0.247 e. The van der Waals surface area contributed by atoms with E-state index in [4.69, 9.17) is 16.3 Å². The van der Waals surface area contributed by atoms with Gasteiger partial charge in [0.2, 0.25) is 17.7 Å². The zero-order chi connectivity index (χ0) is 20.6. The van der Waals surface area contributed by atoms with Crippen LogP contribution in [0.5, 0.6) is 11.6 Å². The number of halogens is 1. The minimum absolute atomic E-state index is 0.141. The Morgan fingerprint density at radius 3 is 2.86 bits per heavy atom. The van der Waals surface area contributed by atoms with Crippen molar-refractivity contribution in [2.75, 3.05) is 10.7 Å². The van der Waals surface area contributed by atoms with E-state index in [1.807, 2.05) is 25.1 Å². The molecule has 2 heterocycles. The molecule has 0 fully saturated rings. The molecule has 0 unspecified atom stereocenters. The van der Waals surface area contributed by atoms with Gasteiger partial charge in [-0.1, -0.05) is 30.3 Å². The number of aromatic nitrogens is 3. The molecule has 9 heteroatoms. The van der Waals surface area contributed by atoms with Crippen molar-refractivity contribution in [1.82, 2.24) is 15.0 Å². The largest absolute Gasteiger partial charge is 0.437 e. The summed E-state index contributed by atoms with van der Waals surface area (Å²) in [6, 6.07) is 12.3. The van der Waals surface area contributed by atoms with E-state index in [0.29, 0.717) is 17.1 Å². The fourth-order valence-corrected chi connectivity index (χ4v) is 2.32. The Bertz CT molecular complexity index is 1060. The van der Waals surface area contributed by atoms with Crippen LogP contribution in [0.25, 0.3) is 0 Å². The number of pyridine rings is 1. The first-order valence-electron chi connectivity index (χ1n) is 8.51. The predicted octanol–water partition coefficient (Wildman–Crippen LogP) is 4.28. The lowest BCUT2D eigenvalue weighted by molar-refractivity contribution is -0.111. The molecule has 29 heavy (non-hydrogen) atoms. The maximum atomic E-state index is 11.4. The molecule has 0 spiro atoms. The van der Waals surface area contributed by atoms with Crippen LogP contribution in [-0.4, -0.2) is 26.6 Å². The van der Waals surface area contributed by atoms with Gasteiger partial charge in [0.15, 0.2) is 0 Å². The van der Waals surface area contributed by atoms with Gasteiger partial charge in [-0.15, -0.1) is 0 Å². The van der Waals surface area contributed by atoms with Crippen LogP contribution in [0.15, 0.2) is 72.6 Å². The number of carbonyl (C=O) groups is 1. The van der Waals surface area contributed by atoms with Crippen LogP contribution in [0, 0.1) is 0 Å². The Balaban J connectivity index is 1.75.